The molecule has 2 aromatic heterocycles. The first-order valence-electron chi connectivity index (χ1n) is 17.9. The van der Waals surface area contributed by atoms with Crippen molar-refractivity contribution >= 4 is 64.9 Å². The number of nitrogens with zero attached hydrogens (tertiary/aromatic N) is 4. The number of hydrogen-bond donors (Lipinski definition) is 0. The third-order valence-corrected chi connectivity index (χ3v) is 10.6. The van der Waals surface area contributed by atoms with Gasteiger partial charge in [0.05, 0.1) is 11.0 Å². The first-order valence-corrected chi connectivity index (χ1v) is 17.9. The second-order valence-electron chi connectivity index (χ2n) is 13.7. The van der Waals surface area contributed by atoms with Crippen LogP contribution in [0.15, 0.2) is 182 Å². The molecule has 2 heterocycles. The lowest BCUT2D eigenvalue weighted by Crippen LogP contribution is -2.01. The maximum absolute atomic E-state index is 5.10. The van der Waals surface area contributed by atoms with Crippen LogP contribution in [0.25, 0.3) is 105 Å². The highest BCUT2D eigenvalue weighted by atomic mass is 15.0. The van der Waals surface area contributed by atoms with E-state index in [-0.39, 0.29) is 0 Å². The minimum Gasteiger partial charge on any atom is -0.309 e. The van der Waals surface area contributed by atoms with E-state index in [2.05, 4.69) is 187 Å². The number of benzene rings is 9. The molecule has 9 aromatic carbocycles. The fourth-order valence-corrected chi connectivity index (χ4v) is 8.01. The van der Waals surface area contributed by atoms with Gasteiger partial charge in [0.2, 0.25) is 0 Å². The van der Waals surface area contributed by atoms with E-state index >= 15 is 0 Å². The molecule has 0 saturated carbocycles. The predicted molar refractivity (Wildman–Crippen MR) is 220 cm³/mol. The van der Waals surface area contributed by atoms with Gasteiger partial charge in [-0.25, -0.2) is 15.0 Å². The SMILES string of the molecule is c1ccc2cc(-c3nc(-c4ccc(-n5c6ccc7ccccc7c6c6c7ccccc7ccc65)cc4)nc(-c4ccc5ccccc5c4)n3)ccc2c1. The molecule has 0 unspecified atom stereocenters. The van der Waals surface area contributed by atoms with E-state index in [4.69, 9.17) is 15.0 Å². The van der Waals surface area contributed by atoms with Crippen LogP contribution >= 0.6 is 0 Å². The highest BCUT2D eigenvalue weighted by Crippen LogP contribution is 2.40. The second kappa shape index (κ2) is 11.7. The summed E-state index contributed by atoms with van der Waals surface area (Å²) in [6.07, 6.45) is 0. The van der Waals surface area contributed by atoms with Gasteiger partial charge >= 0.3 is 0 Å². The molecule has 4 heteroatoms. The zero-order chi connectivity index (χ0) is 34.9. The average Bonchev–Trinajstić information content (AvgIpc) is 3.58. The quantitative estimate of drug-likeness (QED) is 0.187. The predicted octanol–water partition coefficient (Wildman–Crippen LogP) is 12.6. The molecule has 0 aliphatic heterocycles. The van der Waals surface area contributed by atoms with Gasteiger partial charge < -0.3 is 4.57 Å². The minimum atomic E-state index is 0.636. The van der Waals surface area contributed by atoms with Gasteiger partial charge in [-0.3, -0.25) is 0 Å². The van der Waals surface area contributed by atoms with E-state index in [1.54, 1.807) is 0 Å². The normalized spacial score (nSPS) is 11.8. The van der Waals surface area contributed by atoms with Crippen LogP contribution in [0.4, 0.5) is 0 Å². The van der Waals surface area contributed by atoms with Crippen LogP contribution in [0.1, 0.15) is 0 Å². The summed E-state index contributed by atoms with van der Waals surface area (Å²) in [6, 6.07) is 64.6. The Morgan fingerprint density at radius 2 is 0.679 bits per heavy atom. The summed E-state index contributed by atoms with van der Waals surface area (Å²) in [4.78, 5) is 15.3. The van der Waals surface area contributed by atoms with Crippen molar-refractivity contribution in [2.45, 2.75) is 0 Å². The van der Waals surface area contributed by atoms with Crippen molar-refractivity contribution in [2.75, 3.05) is 0 Å². The van der Waals surface area contributed by atoms with Crippen molar-refractivity contribution in [3.63, 3.8) is 0 Å². The average molecular weight is 675 g/mol. The number of hydrogen-bond acceptors (Lipinski definition) is 3. The number of aromatic nitrogens is 4. The van der Waals surface area contributed by atoms with Crippen LogP contribution in [-0.2, 0) is 0 Å². The molecule has 0 fully saturated rings. The molecule has 0 spiro atoms. The van der Waals surface area contributed by atoms with Crippen molar-refractivity contribution in [1.82, 2.24) is 19.5 Å². The first-order chi connectivity index (χ1) is 26.2. The highest BCUT2D eigenvalue weighted by molar-refractivity contribution is 6.28. The summed E-state index contributed by atoms with van der Waals surface area (Å²) >= 11 is 0. The van der Waals surface area contributed by atoms with Crippen LogP contribution in [0, 0.1) is 0 Å². The van der Waals surface area contributed by atoms with Crippen molar-refractivity contribution in [1.29, 1.82) is 0 Å². The fourth-order valence-electron chi connectivity index (χ4n) is 8.01. The Kier molecular flexibility index (Phi) is 6.52. The van der Waals surface area contributed by atoms with Crippen LogP contribution in [-0.4, -0.2) is 19.5 Å². The Bertz CT molecular complexity index is 3040. The van der Waals surface area contributed by atoms with Gasteiger partial charge in [-0.15, -0.1) is 0 Å². The summed E-state index contributed by atoms with van der Waals surface area (Å²) in [5.74, 6) is 1.93. The first kappa shape index (κ1) is 29.5. The molecule has 0 amide bonds. The third-order valence-electron chi connectivity index (χ3n) is 10.6. The second-order valence-corrected chi connectivity index (χ2v) is 13.7. The lowest BCUT2D eigenvalue weighted by Gasteiger charge is -2.11. The fraction of sp³-hybridized carbons (Fsp3) is 0. The minimum absolute atomic E-state index is 0.636. The van der Waals surface area contributed by atoms with E-state index < -0.39 is 0 Å². The Morgan fingerprint density at radius 3 is 1.17 bits per heavy atom. The van der Waals surface area contributed by atoms with Crippen molar-refractivity contribution in [3.8, 4) is 39.9 Å². The number of fused-ring (bicyclic) bond motifs is 9. The number of rotatable bonds is 4. The van der Waals surface area contributed by atoms with Crippen molar-refractivity contribution < 1.29 is 0 Å². The molecule has 53 heavy (non-hydrogen) atoms. The molecule has 0 N–H and O–H groups in total. The summed E-state index contributed by atoms with van der Waals surface area (Å²) in [5, 5.41) is 12.2. The Balaban J connectivity index is 1.09. The Hall–Kier alpha value is -7.17. The van der Waals surface area contributed by atoms with E-state index in [1.165, 1.54) is 54.1 Å². The van der Waals surface area contributed by atoms with E-state index in [9.17, 15) is 0 Å². The van der Waals surface area contributed by atoms with Crippen LogP contribution in [0.5, 0.6) is 0 Å². The van der Waals surface area contributed by atoms with E-state index in [0.29, 0.717) is 17.5 Å². The largest absolute Gasteiger partial charge is 0.309 e. The van der Waals surface area contributed by atoms with E-state index in [0.717, 1.165) is 33.2 Å². The zero-order valence-electron chi connectivity index (χ0n) is 28.6. The lowest BCUT2D eigenvalue weighted by molar-refractivity contribution is 1.07. The van der Waals surface area contributed by atoms with Gasteiger partial charge in [0.1, 0.15) is 0 Å². The standard InChI is InChI=1S/C49H30N4/c1-3-13-36-29-38(19-17-31(36)9-1)48-50-47(51-49(52-48)39-20-18-32-10-2-4-14-37(32)30-39)35-21-25-40(26-22-35)53-43-27-23-33-11-5-7-15-41(33)45(43)46-42-16-8-6-12-34(42)24-28-44(46)53/h1-30H. The summed E-state index contributed by atoms with van der Waals surface area (Å²) in [7, 11) is 0. The molecule has 11 aromatic rings. The van der Waals surface area contributed by atoms with Gasteiger partial charge in [-0.1, -0.05) is 133 Å². The Labute approximate surface area is 305 Å². The molecular formula is C49H30N4. The van der Waals surface area contributed by atoms with Crippen LogP contribution < -0.4 is 0 Å². The monoisotopic (exact) mass is 674 g/mol. The molecule has 0 saturated heterocycles. The molecular weight excluding hydrogens is 645 g/mol. The summed E-state index contributed by atoms with van der Waals surface area (Å²) < 4.78 is 2.39. The molecule has 0 radical (unpaired) electrons. The molecule has 0 atom stereocenters. The molecule has 11 rings (SSSR count). The lowest BCUT2D eigenvalue weighted by atomic mass is 10.00. The van der Waals surface area contributed by atoms with Gasteiger partial charge in [-0.2, -0.15) is 0 Å². The van der Waals surface area contributed by atoms with Gasteiger partial charge in [0, 0.05) is 33.2 Å². The molecule has 0 bridgehead atoms. The Morgan fingerprint density at radius 1 is 0.302 bits per heavy atom. The molecule has 246 valence electrons. The van der Waals surface area contributed by atoms with Gasteiger partial charge in [0.25, 0.3) is 0 Å². The van der Waals surface area contributed by atoms with Crippen LogP contribution in [0.3, 0.4) is 0 Å². The van der Waals surface area contributed by atoms with Crippen molar-refractivity contribution in [3.05, 3.63) is 182 Å². The smallest absolute Gasteiger partial charge is 0.164 e. The molecule has 0 aliphatic carbocycles. The summed E-state index contributed by atoms with van der Waals surface area (Å²) in [5.41, 5.74) is 6.28. The molecule has 0 aliphatic rings. The van der Waals surface area contributed by atoms with Gasteiger partial charge in [-0.05, 0) is 91.6 Å². The van der Waals surface area contributed by atoms with Gasteiger partial charge in [0.15, 0.2) is 17.5 Å². The topological polar surface area (TPSA) is 43.6 Å². The highest BCUT2D eigenvalue weighted by Gasteiger charge is 2.18. The molecule has 4 nitrogen and oxygen atoms in total. The summed E-state index contributed by atoms with van der Waals surface area (Å²) in [6.45, 7) is 0. The van der Waals surface area contributed by atoms with E-state index in [1.807, 2.05) is 0 Å². The van der Waals surface area contributed by atoms with Crippen molar-refractivity contribution in [2.24, 2.45) is 0 Å². The van der Waals surface area contributed by atoms with Crippen LogP contribution in [0.2, 0.25) is 0 Å². The zero-order valence-corrected chi connectivity index (χ0v) is 28.6. The maximum Gasteiger partial charge on any atom is 0.164 e. The third kappa shape index (κ3) is 4.80. The maximum atomic E-state index is 5.10.